The first kappa shape index (κ1) is 17.0. The molecule has 0 bridgehead atoms. The second kappa shape index (κ2) is 7.43. The fourth-order valence-corrected chi connectivity index (χ4v) is 3.46. The minimum absolute atomic E-state index is 0.471. The Bertz CT molecular complexity index is 889. The van der Waals surface area contributed by atoms with Crippen molar-refractivity contribution in [2.24, 2.45) is 0 Å². The van der Waals surface area contributed by atoms with Gasteiger partial charge in [0.15, 0.2) is 0 Å². The molecule has 3 aromatic rings. The van der Waals surface area contributed by atoms with Crippen molar-refractivity contribution in [1.29, 1.82) is 0 Å². The van der Waals surface area contributed by atoms with Crippen LogP contribution in [0.3, 0.4) is 0 Å². The number of rotatable bonds is 4. The summed E-state index contributed by atoms with van der Waals surface area (Å²) in [5.74, 6) is 1.88. The largest absolute Gasteiger partial charge is 0.356 e. The normalized spacial score (nSPS) is 15.4. The van der Waals surface area contributed by atoms with E-state index in [1.807, 2.05) is 43.4 Å². The van der Waals surface area contributed by atoms with Gasteiger partial charge in [-0.3, -0.25) is 0 Å². The van der Waals surface area contributed by atoms with Gasteiger partial charge in [-0.1, -0.05) is 28.9 Å². The van der Waals surface area contributed by atoms with E-state index in [1.54, 1.807) is 6.20 Å². The van der Waals surface area contributed by atoms with Gasteiger partial charge in [0, 0.05) is 35.9 Å². The average molecular weight is 370 g/mol. The van der Waals surface area contributed by atoms with Crippen LogP contribution in [0.4, 0.5) is 5.82 Å². The van der Waals surface area contributed by atoms with Gasteiger partial charge in [-0.15, -0.1) is 0 Å². The molecule has 1 saturated heterocycles. The molecule has 0 amide bonds. The summed E-state index contributed by atoms with van der Waals surface area (Å²) in [6.07, 6.45) is 3.98. The van der Waals surface area contributed by atoms with Crippen molar-refractivity contribution in [3.8, 4) is 22.8 Å². The predicted molar refractivity (Wildman–Crippen MR) is 102 cm³/mol. The Morgan fingerprint density at radius 1 is 1.19 bits per heavy atom. The van der Waals surface area contributed by atoms with E-state index in [0.717, 1.165) is 42.9 Å². The quantitative estimate of drug-likeness (QED) is 0.757. The van der Waals surface area contributed by atoms with E-state index < -0.39 is 0 Å². The zero-order valence-corrected chi connectivity index (χ0v) is 15.3. The molecule has 1 aromatic carbocycles. The molecular weight excluding hydrogens is 350 g/mol. The van der Waals surface area contributed by atoms with Crippen LogP contribution in [0.2, 0.25) is 5.02 Å². The highest BCUT2D eigenvalue weighted by atomic mass is 35.5. The molecule has 1 aliphatic heterocycles. The molecule has 1 N–H and O–H groups in total. The van der Waals surface area contributed by atoms with Gasteiger partial charge in [-0.05, 0) is 44.2 Å². The molecule has 0 saturated carbocycles. The number of benzene rings is 1. The highest BCUT2D eigenvalue weighted by molar-refractivity contribution is 6.30. The summed E-state index contributed by atoms with van der Waals surface area (Å²) in [7, 11) is 2.02. The standard InChI is InChI=1S/C19H20ClN5O/c1-21-15-7-10-25(11-8-15)18-16(6-3-9-22-18)19-23-17(24-26-19)13-4-2-5-14(20)12-13/h2-6,9,12,15,21H,7-8,10-11H2,1H3. The number of anilines is 1. The number of hydrogen-bond donors (Lipinski definition) is 1. The first-order valence-corrected chi connectivity index (χ1v) is 9.09. The molecule has 7 heteroatoms. The summed E-state index contributed by atoms with van der Waals surface area (Å²) in [4.78, 5) is 11.4. The Balaban J connectivity index is 1.63. The van der Waals surface area contributed by atoms with Crippen LogP contribution in [-0.2, 0) is 0 Å². The first-order chi connectivity index (χ1) is 12.7. The molecule has 0 unspecified atom stereocenters. The number of nitrogens with one attached hydrogen (secondary N) is 1. The molecule has 0 atom stereocenters. The molecule has 26 heavy (non-hydrogen) atoms. The van der Waals surface area contributed by atoms with Gasteiger partial charge in [-0.25, -0.2) is 4.98 Å². The Labute approximate surface area is 157 Å². The first-order valence-electron chi connectivity index (χ1n) is 8.72. The highest BCUT2D eigenvalue weighted by Gasteiger charge is 2.23. The van der Waals surface area contributed by atoms with Crippen LogP contribution < -0.4 is 10.2 Å². The fourth-order valence-electron chi connectivity index (χ4n) is 3.27. The maximum atomic E-state index is 6.06. The van der Waals surface area contributed by atoms with Crippen molar-refractivity contribution in [3.63, 3.8) is 0 Å². The van der Waals surface area contributed by atoms with Gasteiger partial charge in [0.1, 0.15) is 5.82 Å². The van der Waals surface area contributed by atoms with Gasteiger partial charge in [-0.2, -0.15) is 4.98 Å². The average Bonchev–Trinajstić information content (AvgIpc) is 3.18. The summed E-state index contributed by atoms with van der Waals surface area (Å²) in [6, 6.07) is 11.9. The minimum Gasteiger partial charge on any atom is -0.356 e. The summed E-state index contributed by atoms with van der Waals surface area (Å²) in [5.41, 5.74) is 1.68. The zero-order chi connectivity index (χ0) is 17.9. The Kier molecular flexibility index (Phi) is 4.86. The van der Waals surface area contributed by atoms with E-state index in [2.05, 4.69) is 25.3 Å². The molecule has 6 nitrogen and oxygen atoms in total. The third kappa shape index (κ3) is 3.43. The van der Waals surface area contributed by atoms with Gasteiger partial charge in [0.25, 0.3) is 5.89 Å². The minimum atomic E-state index is 0.471. The van der Waals surface area contributed by atoms with Crippen molar-refractivity contribution in [2.75, 3.05) is 25.0 Å². The van der Waals surface area contributed by atoms with Crippen molar-refractivity contribution < 1.29 is 4.52 Å². The van der Waals surface area contributed by atoms with E-state index in [-0.39, 0.29) is 0 Å². The Morgan fingerprint density at radius 3 is 2.81 bits per heavy atom. The number of halogens is 1. The number of aromatic nitrogens is 3. The monoisotopic (exact) mass is 369 g/mol. The van der Waals surface area contributed by atoms with E-state index in [0.29, 0.717) is 22.8 Å². The lowest BCUT2D eigenvalue weighted by Gasteiger charge is -2.33. The van der Waals surface area contributed by atoms with Crippen LogP contribution in [0.25, 0.3) is 22.8 Å². The molecule has 0 aliphatic carbocycles. The van der Waals surface area contributed by atoms with Gasteiger partial charge in [0.2, 0.25) is 5.82 Å². The third-order valence-corrected chi connectivity index (χ3v) is 4.96. The second-order valence-corrected chi connectivity index (χ2v) is 6.79. The number of piperidine rings is 1. The van der Waals surface area contributed by atoms with E-state index in [4.69, 9.17) is 16.1 Å². The molecule has 4 rings (SSSR count). The van der Waals surface area contributed by atoms with E-state index in [9.17, 15) is 0 Å². The van der Waals surface area contributed by atoms with E-state index >= 15 is 0 Å². The molecule has 2 aromatic heterocycles. The SMILES string of the molecule is CNC1CCN(c2ncccc2-c2nc(-c3cccc(Cl)c3)no2)CC1. The molecule has 3 heterocycles. The van der Waals surface area contributed by atoms with Crippen LogP contribution in [0.5, 0.6) is 0 Å². The van der Waals surface area contributed by atoms with Gasteiger partial charge < -0.3 is 14.7 Å². The maximum Gasteiger partial charge on any atom is 0.261 e. The van der Waals surface area contributed by atoms with Crippen LogP contribution in [0.1, 0.15) is 12.8 Å². The Hall–Kier alpha value is -2.44. The Morgan fingerprint density at radius 2 is 2.04 bits per heavy atom. The molecule has 0 radical (unpaired) electrons. The maximum absolute atomic E-state index is 6.06. The zero-order valence-electron chi connectivity index (χ0n) is 14.5. The number of nitrogens with zero attached hydrogens (tertiary/aromatic N) is 4. The van der Waals surface area contributed by atoms with Gasteiger partial charge >= 0.3 is 0 Å². The molecule has 0 spiro atoms. The summed E-state index contributed by atoms with van der Waals surface area (Å²) >= 11 is 6.06. The van der Waals surface area contributed by atoms with Crippen LogP contribution >= 0.6 is 11.6 Å². The van der Waals surface area contributed by atoms with Crippen LogP contribution in [-0.4, -0.2) is 41.3 Å². The molecular formula is C19H20ClN5O. The summed E-state index contributed by atoms with van der Waals surface area (Å²) in [6.45, 7) is 1.90. The topological polar surface area (TPSA) is 67.1 Å². The van der Waals surface area contributed by atoms with Crippen LogP contribution in [0.15, 0.2) is 47.1 Å². The van der Waals surface area contributed by atoms with Crippen molar-refractivity contribution in [2.45, 2.75) is 18.9 Å². The summed E-state index contributed by atoms with van der Waals surface area (Å²) < 4.78 is 5.54. The summed E-state index contributed by atoms with van der Waals surface area (Å²) in [5, 5.41) is 8.11. The molecule has 134 valence electrons. The fraction of sp³-hybridized carbons (Fsp3) is 0.316. The predicted octanol–water partition coefficient (Wildman–Crippen LogP) is 3.64. The molecule has 1 fully saturated rings. The number of pyridine rings is 1. The van der Waals surface area contributed by atoms with Crippen LogP contribution in [0, 0.1) is 0 Å². The van der Waals surface area contributed by atoms with Crippen molar-refractivity contribution in [3.05, 3.63) is 47.6 Å². The number of hydrogen-bond acceptors (Lipinski definition) is 6. The smallest absolute Gasteiger partial charge is 0.261 e. The molecule has 1 aliphatic rings. The second-order valence-electron chi connectivity index (χ2n) is 6.36. The lowest BCUT2D eigenvalue weighted by atomic mass is 10.0. The lowest BCUT2D eigenvalue weighted by Crippen LogP contribution is -2.41. The third-order valence-electron chi connectivity index (χ3n) is 4.73. The highest BCUT2D eigenvalue weighted by Crippen LogP contribution is 2.31. The van der Waals surface area contributed by atoms with E-state index in [1.165, 1.54) is 0 Å². The van der Waals surface area contributed by atoms with Gasteiger partial charge in [0.05, 0.1) is 5.56 Å². The van der Waals surface area contributed by atoms with Crippen molar-refractivity contribution >= 4 is 17.4 Å². The van der Waals surface area contributed by atoms with Crippen molar-refractivity contribution in [1.82, 2.24) is 20.4 Å². The lowest BCUT2D eigenvalue weighted by molar-refractivity contribution is 0.429.